The molecule has 1 N–H and O–H groups in total. The van der Waals surface area contributed by atoms with Gasteiger partial charge in [-0.05, 0) is 25.7 Å². The van der Waals surface area contributed by atoms with E-state index in [2.05, 4.69) is 0 Å². The van der Waals surface area contributed by atoms with Gasteiger partial charge in [-0.3, -0.25) is 0 Å². The summed E-state index contributed by atoms with van der Waals surface area (Å²) in [5.74, 6) is -1.56. The third-order valence-corrected chi connectivity index (χ3v) is 4.03. The van der Waals surface area contributed by atoms with Crippen LogP contribution in [0.4, 0.5) is 0 Å². The smallest absolute Gasteiger partial charge is 0.305 e. The summed E-state index contributed by atoms with van der Waals surface area (Å²) >= 11 is 0. The van der Waals surface area contributed by atoms with Gasteiger partial charge in [-0.1, -0.05) is 32.1 Å². The molecule has 2 aliphatic carbocycles. The molecule has 0 saturated heterocycles. The lowest BCUT2D eigenvalue weighted by Gasteiger charge is -2.33. The summed E-state index contributed by atoms with van der Waals surface area (Å²) in [6.07, 6.45) is 10.6. The van der Waals surface area contributed by atoms with Crippen molar-refractivity contribution in [2.75, 3.05) is 13.7 Å². The van der Waals surface area contributed by atoms with E-state index in [1.54, 1.807) is 0 Å². The predicted molar refractivity (Wildman–Crippen MR) is 68.1 cm³/mol. The van der Waals surface area contributed by atoms with Crippen LogP contribution in [0.25, 0.3) is 0 Å². The molecule has 0 radical (unpaired) electrons. The molecular weight excluding hydrogens is 232 g/mol. The molecule has 0 spiro atoms. The molecule has 0 amide bonds. The minimum atomic E-state index is -1.56. The SMILES string of the molecule is COC(O)(COC1CCCC1)OC1CCCCC1. The summed E-state index contributed by atoms with van der Waals surface area (Å²) < 4.78 is 16.5. The summed E-state index contributed by atoms with van der Waals surface area (Å²) in [6.45, 7) is 0.116. The summed E-state index contributed by atoms with van der Waals surface area (Å²) in [4.78, 5) is 0. The van der Waals surface area contributed by atoms with Crippen molar-refractivity contribution >= 4 is 0 Å². The maximum Gasteiger partial charge on any atom is 0.305 e. The molecule has 18 heavy (non-hydrogen) atoms. The van der Waals surface area contributed by atoms with Crippen LogP contribution in [0.5, 0.6) is 0 Å². The van der Waals surface area contributed by atoms with Crippen molar-refractivity contribution in [3.8, 4) is 0 Å². The molecule has 2 saturated carbocycles. The number of hydrogen-bond acceptors (Lipinski definition) is 4. The van der Waals surface area contributed by atoms with Gasteiger partial charge in [-0.25, -0.2) is 0 Å². The highest BCUT2D eigenvalue weighted by molar-refractivity contribution is 4.70. The quantitative estimate of drug-likeness (QED) is 0.744. The first kappa shape index (κ1) is 14.3. The van der Waals surface area contributed by atoms with E-state index in [0.29, 0.717) is 0 Å². The van der Waals surface area contributed by atoms with Crippen LogP contribution in [0.3, 0.4) is 0 Å². The van der Waals surface area contributed by atoms with Crippen LogP contribution < -0.4 is 0 Å². The second-order valence-electron chi connectivity index (χ2n) is 5.51. The van der Waals surface area contributed by atoms with Crippen molar-refractivity contribution in [3.05, 3.63) is 0 Å². The lowest BCUT2D eigenvalue weighted by atomic mass is 9.98. The van der Waals surface area contributed by atoms with E-state index in [-0.39, 0.29) is 18.8 Å². The van der Waals surface area contributed by atoms with Gasteiger partial charge in [0.2, 0.25) is 0 Å². The van der Waals surface area contributed by atoms with E-state index in [9.17, 15) is 5.11 Å². The van der Waals surface area contributed by atoms with Crippen LogP contribution in [-0.2, 0) is 14.2 Å². The fraction of sp³-hybridized carbons (Fsp3) is 1.00. The van der Waals surface area contributed by atoms with E-state index >= 15 is 0 Å². The first-order valence-electron chi connectivity index (χ1n) is 7.29. The van der Waals surface area contributed by atoms with Gasteiger partial charge < -0.3 is 19.3 Å². The molecule has 0 bridgehead atoms. The molecule has 2 rings (SSSR count). The van der Waals surface area contributed by atoms with Crippen molar-refractivity contribution in [3.63, 3.8) is 0 Å². The number of methoxy groups -OCH3 is 1. The Balaban J connectivity index is 1.76. The van der Waals surface area contributed by atoms with Crippen LogP contribution in [-0.4, -0.2) is 37.0 Å². The van der Waals surface area contributed by atoms with Crippen LogP contribution in [0.15, 0.2) is 0 Å². The van der Waals surface area contributed by atoms with Gasteiger partial charge >= 0.3 is 5.97 Å². The number of rotatable bonds is 6. The molecule has 1 unspecified atom stereocenters. The largest absolute Gasteiger partial charge is 0.370 e. The number of aliphatic hydroxyl groups is 1. The Kier molecular flexibility index (Phi) is 5.42. The zero-order valence-electron chi connectivity index (χ0n) is 11.4. The molecule has 0 aliphatic heterocycles. The lowest BCUT2D eigenvalue weighted by molar-refractivity contribution is -0.385. The van der Waals surface area contributed by atoms with Crippen LogP contribution in [0.1, 0.15) is 57.8 Å². The Morgan fingerprint density at radius 2 is 1.50 bits per heavy atom. The first-order valence-corrected chi connectivity index (χ1v) is 7.29. The number of hydrogen-bond donors (Lipinski definition) is 1. The van der Waals surface area contributed by atoms with Gasteiger partial charge in [0.15, 0.2) is 0 Å². The van der Waals surface area contributed by atoms with Gasteiger partial charge in [-0.2, -0.15) is 0 Å². The van der Waals surface area contributed by atoms with Crippen LogP contribution >= 0.6 is 0 Å². The average molecular weight is 258 g/mol. The van der Waals surface area contributed by atoms with E-state index in [0.717, 1.165) is 25.7 Å². The Hall–Kier alpha value is -0.160. The average Bonchev–Trinajstić information content (AvgIpc) is 2.91. The number of ether oxygens (including phenoxy) is 3. The Morgan fingerprint density at radius 1 is 0.944 bits per heavy atom. The van der Waals surface area contributed by atoms with E-state index in [1.165, 1.54) is 39.2 Å². The zero-order valence-corrected chi connectivity index (χ0v) is 11.4. The van der Waals surface area contributed by atoms with Gasteiger partial charge in [0.1, 0.15) is 6.61 Å². The maximum atomic E-state index is 10.3. The highest BCUT2D eigenvalue weighted by atomic mass is 16.8. The Bertz CT molecular complexity index is 234. The van der Waals surface area contributed by atoms with Gasteiger partial charge in [-0.15, -0.1) is 0 Å². The summed E-state index contributed by atoms with van der Waals surface area (Å²) in [5, 5.41) is 10.3. The molecule has 0 heterocycles. The van der Waals surface area contributed by atoms with E-state index in [4.69, 9.17) is 14.2 Å². The summed E-state index contributed by atoms with van der Waals surface area (Å²) in [6, 6.07) is 0. The van der Waals surface area contributed by atoms with Crippen molar-refractivity contribution in [2.45, 2.75) is 76.0 Å². The second kappa shape index (κ2) is 6.85. The molecule has 0 aromatic heterocycles. The zero-order chi connectivity index (χ0) is 12.8. The van der Waals surface area contributed by atoms with Crippen molar-refractivity contribution in [1.82, 2.24) is 0 Å². The fourth-order valence-electron chi connectivity index (χ4n) is 2.86. The lowest BCUT2D eigenvalue weighted by Crippen LogP contribution is -2.44. The van der Waals surface area contributed by atoms with E-state index < -0.39 is 5.97 Å². The molecule has 4 nitrogen and oxygen atoms in total. The third kappa shape index (κ3) is 4.19. The first-order chi connectivity index (χ1) is 8.72. The molecule has 2 aliphatic rings. The fourth-order valence-corrected chi connectivity index (χ4v) is 2.86. The van der Waals surface area contributed by atoms with Crippen LogP contribution in [0, 0.1) is 0 Å². The molecule has 1 atom stereocenters. The predicted octanol–water partition coefficient (Wildman–Crippen LogP) is 2.59. The minimum absolute atomic E-state index is 0.107. The Morgan fingerprint density at radius 3 is 2.11 bits per heavy atom. The normalized spacial score (nSPS) is 26.3. The minimum Gasteiger partial charge on any atom is -0.370 e. The van der Waals surface area contributed by atoms with Gasteiger partial charge in [0, 0.05) is 7.11 Å². The van der Waals surface area contributed by atoms with Gasteiger partial charge in [0.25, 0.3) is 0 Å². The highest BCUT2D eigenvalue weighted by Gasteiger charge is 2.34. The third-order valence-electron chi connectivity index (χ3n) is 4.03. The second-order valence-corrected chi connectivity index (χ2v) is 5.51. The standard InChI is InChI=1S/C14H26O4/c1-16-14(15,11-17-12-7-5-6-8-12)18-13-9-3-2-4-10-13/h12-13,15H,2-11H2,1H3. The monoisotopic (exact) mass is 258 g/mol. The van der Waals surface area contributed by atoms with Crippen molar-refractivity contribution in [2.24, 2.45) is 0 Å². The van der Waals surface area contributed by atoms with Crippen LogP contribution in [0.2, 0.25) is 0 Å². The summed E-state index contributed by atoms with van der Waals surface area (Å²) in [7, 11) is 1.47. The van der Waals surface area contributed by atoms with Crippen molar-refractivity contribution < 1.29 is 19.3 Å². The topological polar surface area (TPSA) is 47.9 Å². The summed E-state index contributed by atoms with van der Waals surface area (Å²) in [5.41, 5.74) is 0. The molecule has 0 aromatic rings. The molecule has 4 heteroatoms. The van der Waals surface area contributed by atoms with Gasteiger partial charge in [0.05, 0.1) is 12.2 Å². The maximum absolute atomic E-state index is 10.3. The molecular formula is C14H26O4. The Labute approximate surface area is 110 Å². The van der Waals surface area contributed by atoms with Crippen molar-refractivity contribution in [1.29, 1.82) is 0 Å². The highest BCUT2D eigenvalue weighted by Crippen LogP contribution is 2.26. The molecule has 106 valence electrons. The molecule has 0 aromatic carbocycles. The molecule has 2 fully saturated rings. The van der Waals surface area contributed by atoms with E-state index in [1.807, 2.05) is 0 Å².